The summed E-state index contributed by atoms with van der Waals surface area (Å²) in [7, 11) is 0. The minimum absolute atomic E-state index is 0.0489. The van der Waals surface area contributed by atoms with Crippen molar-refractivity contribution in [3.63, 3.8) is 0 Å². The third kappa shape index (κ3) is 3.87. The smallest absolute Gasteiger partial charge is 0.250 e. The van der Waals surface area contributed by atoms with Gasteiger partial charge in [0, 0.05) is 29.2 Å². The van der Waals surface area contributed by atoms with Gasteiger partial charge < -0.3 is 0 Å². The van der Waals surface area contributed by atoms with E-state index in [4.69, 9.17) is 0 Å². The molecule has 0 spiro atoms. The molecule has 5 aromatic rings. The number of nitrogens with zero attached hydrogens (tertiary/aromatic N) is 2. The Kier molecular flexibility index (Phi) is 5.61. The van der Waals surface area contributed by atoms with Crippen LogP contribution in [0, 0.1) is 5.82 Å². The van der Waals surface area contributed by atoms with E-state index in [9.17, 15) is 9.18 Å². The number of carbonyl (C=O) groups is 1. The van der Waals surface area contributed by atoms with Gasteiger partial charge in [-0.2, -0.15) is 5.10 Å². The van der Waals surface area contributed by atoms with Crippen LogP contribution in [0.5, 0.6) is 0 Å². The van der Waals surface area contributed by atoms with Crippen LogP contribution >= 0.6 is 0 Å². The number of benzene rings is 3. The van der Waals surface area contributed by atoms with E-state index in [2.05, 4.69) is 18.1 Å². The fourth-order valence-electron chi connectivity index (χ4n) is 4.24. The largest absolute Gasteiger partial charge is 0.284 e. The first-order valence-corrected chi connectivity index (χ1v) is 11.3. The molecule has 0 aliphatic rings. The molecule has 0 unspecified atom stereocenters. The second-order valence-corrected chi connectivity index (χ2v) is 8.15. The maximum atomic E-state index is 13.8. The first-order chi connectivity index (χ1) is 16.2. The van der Waals surface area contributed by atoms with Gasteiger partial charge in [0.05, 0.1) is 0 Å². The van der Waals surface area contributed by atoms with Crippen molar-refractivity contribution in [2.75, 3.05) is 0 Å². The van der Waals surface area contributed by atoms with Crippen LogP contribution < -0.4 is 4.52 Å². The molecule has 4 nitrogen and oxygen atoms in total. The summed E-state index contributed by atoms with van der Waals surface area (Å²) in [5.74, 6) is -0.325. The predicted octanol–water partition coefficient (Wildman–Crippen LogP) is 5.90. The summed E-state index contributed by atoms with van der Waals surface area (Å²) in [6.07, 6.45) is 2.87. The van der Waals surface area contributed by atoms with Crippen molar-refractivity contribution in [3.05, 3.63) is 114 Å². The molecule has 5 rings (SSSR count). The highest BCUT2D eigenvalue weighted by Crippen LogP contribution is 2.26. The Morgan fingerprint density at radius 3 is 2.24 bits per heavy atom. The quantitative estimate of drug-likeness (QED) is 0.249. The molecule has 0 saturated heterocycles. The minimum atomic E-state index is -0.276. The number of hydrogen-bond donors (Lipinski definition) is 1. The third-order valence-electron chi connectivity index (χ3n) is 5.91. The van der Waals surface area contributed by atoms with Crippen LogP contribution in [-0.4, -0.2) is 15.5 Å². The number of hydrogen-bond acceptors (Lipinski definition) is 1. The van der Waals surface area contributed by atoms with Crippen LogP contribution in [0.4, 0.5) is 4.39 Å². The van der Waals surface area contributed by atoms with E-state index >= 15 is 0 Å². The molecule has 2 aromatic heterocycles. The van der Waals surface area contributed by atoms with Crippen LogP contribution in [0.1, 0.15) is 41.5 Å². The summed E-state index contributed by atoms with van der Waals surface area (Å²) in [4.78, 5) is 13.8. The van der Waals surface area contributed by atoms with Crippen molar-refractivity contribution in [1.29, 1.82) is 0 Å². The lowest BCUT2D eigenvalue weighted by molar-refractivity contribution is -0.626. The average molecular weight is 439 g/mol. The molecule has 0 bridgehead atoms. The van der Waals surface area contributed by atoms with Crippen molar-refractivity contribution >= 4 is 5.78 Å². The molecular formula is C28H25FN3O+. The van der Waals surface area contributed by atoms with Gasteiger partial charge in [-0.3, -0.25) is 4.79 Å². The summed E-state index contributed by atoms with van der Waals surface area (Å²) in [5.41, 5.74) is 5.70. The van der Waals surface area contributed by atoms with Gasteiger partial charge in [-0.25, -0.2) is 4.39 Å². The number of aromatic nitrogens is 3. The molecule has 5 heteroatoms. The molecule has 33 heavy (non-hydrogen) atoms. The number of aryl methyl sites for hydroxylation is 1. The molecule has 0 amide bonds. The Bertz CT molecular complexity index is 1400. The molecule has 164 valence electrons. The van der Waals surface area contributed by atoms with Crippen LogP contribution in [0.25, 0.3) is 22.5 Å². The van der Waals surface area contributed by atoms with Gasteiger partial charge in [-0.15, -0.1) is 4.52 Å². The van der Waals surface area contributed by atoms with Crippen LogP contribution in [0.2, 0.25) is 0 Å². The topological polar surface area (TPSA) is 41.4 Å². The summed E-state index contributed by atoms with van der Waals surface area (Å²) >= 11 is 0. The highest BCUT2D eigenvalue weighted by atomic mass is 19.1. The lowest BCUT2D eigenvalue weighted by Gasteiger charge is -2.01. The Morgan fingerprint density at radius 2 is 1.58 bits per heavy atom. The van der Waals surface area contributed by atoms with Gasteiger partial charge >= 0.3 is 0 Å². The number of rotatable bonds is 7. The standard InChI is InChI=1S/C28H24FN3O/c1-2-3-14-24-19-25(20-15-17-23(29)18-16-20)32-30-26(21-10-6-4-7-11-21)27(31(24)32)28(33)22-12-8-5-9-13-22/h4-13,15-19H,2-3,14H2,1H3/p+1. The van der Waals surface area contributed by atoms with Gasteiger partial charge in [0.1, 0.15) is 17.2 Å². The average Bonchev–Trinajstić information content (AvgIpc) is 3.42. The zero-order valence-electron chi connectivity index (χ0n) is 18.5. The Hall–Kier alpha value is -3.99. The summed E-state index contributed by atoms with van der Waals surface area (Å²) in [5, 5.41) is 3.47. The summed E-state index contributed by atoms with van der Waals surface area (Å²) in [6.45, 7) is 2.15. The van der Waals surface area contributed by atoms with Crippen molar-refractivity contribution in [2.45, 2.75) is 26.2 Å². The molecule has 2 heterocycles. The number of carbonyl (C=O) groups excluding carboxylic acids is 1. The number of fused-ring (bicyclic) bond motifs is 1. The maximum Gasteiger partial charge on any atom is 0.250 e. The highest BCUT2D eigenvalue weighted by molar-refractivity contribution is 6.09. The second kappa shape index (κ2) is 8.87. The van der Waals surface area contributed by atoms with E-state index in [1.54, 1.807) is 12.1 Å². The normalized spacial score (nSPS) is 11.2. The monoisotopic (exact) mass is 438 g/mol. The molecule has 0 radical (unpaired) electrons. The van der Waals surface area contributed by atoms with Gasteiger partial charge in [0.2, 0.25) is 17.2 Å². The van der Waals surface area contributed by atoms with Crippen molar-refractivity contribution in [1.82, 2.24) is 9.73 Å². The van der Waals surface area contributed by atoms with E-state index in [1.165, 1.54) is 12.1 Å². The van der Waals surface area contributed by atoms with E-state index in [0.717, 1.165) is 47.5 Å². The Labute approximate surface area is 191 Å². The van der Waals surface area contributed by atoms with Gasteiger partial charge in [0.15, 0.2) is 0 Å². The van der Waals surface area contributed by atoms with E-state index in [-0.39, 0.29) is 11.6 Å². The molecule has 0 saturated carbocycles. The molecule has 1 N–H and O–H groups in total. The molecule has 0 aliphatic heterocycles. The zero-order chi connectivity index (χ0) is 22.8. The fraction of sp³-hybridized carbons (Fsp3) is 0.143. The zero-order valence-corrected chi connectivity index (χ0v) is 18.5. The minimum Gasteiger partial charge on any atom is -0.284 e. The number of halogens is 1. The Morgan fingerprint density at radius 1 is 0.909 bits per heavy atom. The number of H-pyrrole nitrogens is 1. The second-order valence-electron chi connectivity index (χ2n) is 8.15. The van der Waals surface area contributed by atoms with E-state index < -0.39 is 0 Å². The van der Waals surface area contributed by atoms with Gasteiger partial charge in [-0.1, -0.05) is 74.0 Å². The number of unbranched alkanes of at least 4 members (excludes halogenated alkanes) is 1. The van der Waals surface area contributed by atoms with E-state index in [1.807, 2.05) is 69.8 Å². The SMILES string of the molecule is CCCCc1cc(-c2ccc(F)cc2)n2[nH]c(-c3ccccc3)c(C(=O)c3ccccc3)[n+]12. The molecule has 3 aromatic carbocycles. The molecule has 0 atom stereocenters. The lowest BCUT2D eigenvalue weighted by atomic mass is 10.0. The maximum absolute atomic E-state index is 13.8. The first kappa shape index (κ1) is 20.9. The molecule has 0 fully saturated rings. The first-order valence-electron chi connectivity index (χ1n) is 11.3. The van der Waals surface area contributed by atoms with Crippen LogP contribution in [0.15, 0.2) is 91.0 Å². The fourth-order valence-corrected chi connectivity index (χ4v) is 4.24. The Balaban J connectivity index is 1.81. The highest BCUT2D eigenvalue weighted by Gasteiger charge is 2.32. The molecular weight excluding hydrogens is 413 g/mol. The number of aromatic amines is 1. The van der Waals surface area contributed by atoms with Crippen LogP contribution in [0.3, 0.4) is 0 Å². The van der Waals surface area contributed by atoms with Gasteiger partial charge in [-0.05, 0) is 35.3 Å². The van der Waals surface area contributed by atoms with E-state index in [0.29, 0.717) is 11.3 Å². The predicted molar refractivity (Wildman–Crippen MR) is 127 cm³/mol. The molecule has 0 aliphatic carbocycles. The summed E-state index contributed by atoms with van der Waals surface area (Å²) in [6, 6.07) is 27.8. The van der Waals surface area contributed by atoms with Gasteiger partial charge in [0.25, 0.3) is 0 Å². The van der Waals surface area contributed by atoms with Crippen LogP contribution in [-0.2, 0) is 6.42 Å². The van der Waals surface area contributed by atoms with Crippen molar-refractivity contribution in [3.8, 4) is 22.5 Å². The van der Waals surface area contributed by atoms with Crippen molar-refractivity contribution < 1.29 is 13.7 Å². The summed E-state index contributed by atoms with van der Waals surface area (Å²) < 4.78 is 17.5. The third-order valence-corrected chi connectivity index (χ3v) is 5.91. The number of nitrogens with one attached hydrogen (secondary N) is 1. The van der Waals surface area contributed by atoms with Crippen molar-refractivity contribution in [2.24, 2.45) is 0 Å². The lowest BCUT2D eigenvalue weighted by Crippen LogP contribution is -2.36. The number of ketones is 1.